The molecular formula is C14H25IN4O6S2. The monoisotopic (exact) mass is 536 g/mol. The fraction of sp³-hybridized carbons (Fsp3) is 0.500. The third-order valence-electron chi connectivity index (χ3n) is 2.90. The van der Waals surface area contributed by atoms with Crippen molar-refractivity contribution in [1.82, 2.24) is 5.32 Å². The van der Waals surface area contributed by atoms with Gasteiger partial charge >= 0.3 is 0 Å². The second-order valence-corrected chi connectivity index (χ2v) is 9.15. The SMILES string of the molecule is COCCN=C(N)NCCOc1ccc(N(S(C)(=O)=O)S(C)(=O)=O)cc1.I. The molecule has 156 valence electrons. The summed E-state index contributed by atoms with van der Waals surface area (Å²) < 4.78 is 57.5. The van der Waals surface area contributed by atoms with Crippen LogP contribution in [0.25, 0.3) is 0 Å². The minimum absolute atomic E-state index is 0. The van der Waals surface area contributed by atoms with Gasteiger partial charge in [-0.3, -0.25) is 4.99 Å². The van der Waals surface area contributed by atoms with Crippen LogP contribution < -0.4 is 19.5 Å². The molecule has 0 amide bonds. The van der Waals surface area contributed by atoms with Gasteiger partial charge in [-0.05, 0) is 24.3 Å². The predicted octanol–water partition coefficient (Wildman–Crippen LogP) is -0.0403. The highest BCUT2D eigenvalue weighted by molar-refractivity contribution is 14.0. The van der Waals surface area contributed by atoms with Crippen molar-refractivity contribution in [2.24, 2.45) is 10.7 Å². The topological polar surface area (TPSA) is 140 Å². The maximum Gasteiger partial charge on any atom is 0.245 e. The summed E-state index contributed by atoms with van der Waals surface area (Å²) in [5.74, 6) is 0.727. The number of benzene rings is 1. The summed E-state index contributed by atoms with van der Waals surface area (Å²) in [6, 6.07) is 5.67. The van der Waals surface area contributed by atoms with Gasteiger partial charge in [0.25, 0.3) is 0 Å². The minimum atomic E-state index is -3.97. The van der Waals surface area contributed by atoms with Crippen molar-refractivity contribution in [3.05, 3.63) is 24.3 Å². The minimum Gasteiger partial charge on any atom is -0.492 e. The molecule has 0 unspecified atom stereocenters. The first-order valence-corrected chi connectivity index (χ1v) is 11.2. The van der Waals surface area contributed by atoms with Crippen LogP contribution in [-0.4, -0.2) is 68.7 Å². The Morgan fingerprint density at radius 3 is 2.15 bits per heavy atom. The number of sulfonamides is 2. The molecule has 3 N–H and O–H groups in total. The van der Waals surface area contributed by atoms with Crippen molar-refractivity contribution in [3.63, 3.8) is 0 Å². The van der Waals surface area contributed by atoms with Gasteiger partial charge in [-0.15, -0.1) is 24.0 Å². The Hall–Kier alpha value is -1.32. The van der Waals surface area contributed by atoms with Gasteiger partial charge in [0, 0.05) is 7.11 Å². The van der Waals surface area contributed by atoms with E-state index in [0.717, 1.165) is 12.5 Å². The second kappa shape index (κ2) is 11.5. The Balaban J connectivity index is 0.00000676. The molecule has 1 aromatic carbocycles. The molecule has 0 radical (unpaired) electrons. The molecule has 0 aromatic heterocycles. The van der Waals surface area contributed by atoms with E-state index < -0.39 is 20.0 Å². The average molecular weight is 536 g/mol. The molecule has 13 heteroatoms. The van der Waals surface area contributed by atoms with E-state index in [0.29, 0.717) is 29.2 Å². The Kier molecular flexibility index (Phi) is 10.9. The summed E-state index contributed by atoms with van der Waals surface area (Å²) >= 11 is 0. The number of halogens is 1. The first-order chi connectivity index (χ1) is 12.1. The molecule has 0 atom stereocenters. The Morgan fingerprint density at radius 2 is 1.67 bits per heavy atom. The van der Waals surface area contributed by atoms with E-state index in [1.807, 2.05) is 0 Å². The number of hydrogen-bond acceptors (Lipinski definition) is 7. The highest BCUT2D eigenvalue weighted by Gasteiger charge is 2.27. The van der Waals surface area contributed by atoms with Gasteiger partial charge in [0.2, 0.25) is 20.0 Å². The average Bonchev–Trinajstić information content (AvgIpc) is 2.50. The highest BCUT2D eigenvalue weighted by Crippen LogP contribution is 2.23. The van der Waals surface area contributed by atoms with E-state index in [1.165, 1.54) is 24.3 Å². The lowest BCUT2D eigenvalue weighted by molar-refractivity contribution is 0.208. The Morgan fingerprint density at radius 1 is 1.11 bits per heavy atom. The molecular weight excluding hydrogens is 511 g/mol. The largest absolute Gasteiger partial charge is 0.492 e. The third kappa shape index (κ3) is 9.44. The van der Waals surface area contributed by atoms with Crippen molar-refractivity contribution in [3.8, 4) is 5.75 Å². The number of guanidine groups is 1. The summed E-state index contributed by atoms with van der Waals surface area (Å²) in [6.07, 6.45) is 1.64. The second-order valence-electron chi connectivity index (χ2n) is 5.25. The van der Waals surface area contributed by atoms with Crippen molar-refractivity contribution in [2.75, 3.05) is 49.6 Å². The Labute approximate surface area is 177 Å². The Bertz CT molecular complexity index is 781. The zero-order valence-corrected chi connectivity index (χ0v) is 19.2. The number of anilines is 1. The lowest BCUT2D eigenvalue weighted by atomic mass is 10.3. The van der Waals surface area contributed by atoms with Crippen LogP contribution in [0.4, 0.5) is 5.69 Å². The van der Waals surface area contributed by atoms with Crippen LogP contribution in [0.5, 0.6) is 5.75 Å². The number of methoxy groups -OCH3 is 1. The van der Waals surface area contributed by atoms with E-state index in [9.17, 15) is 16.8 Å². The number of ether oxygens (including phenoxy) is 2. The van der Waals surface area contributed by atoms with Gasteiger partial charge in [0.1, 0.15) is 12.4 Å². The van der Waals surface area contributed by atoms with E-state index in [1.54, 1.807) is 7.11 Å². The van der Waals surface area contributed by atoms with Crippen LogP contribution in [-0.2, 0) is 24.8 Å². The lowest BCUT2D eigenvalue weighted by Gasteiger charge is -2.19. The predicted molar refractivity (Wildman–Crippen MR) is 116 cm³/mol. The van der Waals surface area contributed by atoms with Crippen LogP contribution in [0, 0.1) is 0 Å². The number of aliphatic imine (C=N–C) groups is 1. The number of nitrogens with zero attached hydrogens (tertiary/aromatic N) is 2. The number of nitrogens with one attached hydrogen (secondary N) is 1. The van der Waals surface area contributed by atoms with Gasteiger partial charge in [0.05, 0.1) is 37.9 Å². The fourth-order valence-electron chi connectivity index (χ4n) is 1.95. The maximum absolute atomic E-state index is 11.7. The smallest absolute Gasteiger partial charge is 0.245 e. The summed E-state index contributed by atoms with van der Waals surface area (Å²) in [4.78, 5) is 4.02. The molecule has 10 nitrogen and oxygen atoms in total. The third-order valence-corrected chi connectivity index (χ3v) is 6.16. The zero-order chi connectivity index (χ0) is 19.8. The first-order valence-electron chi connectivity index (χ1n) is 7.52. The fourth-order valence-corrected chi connectivity index (χ4v) is 4.93. The van der Waals surface area contributed by atoms with Crippen molar-refractivity contribution in [1.29, 1.82) is 0 Å². The van der Waals surface area contributed by atoms with Crippen LogP contribution in [0.3, 0.4) is 0 Å². The van der Waals surface area contributed by atoms with Gasteiger partial charge in [-0.25, -0.2) is 16.8 Å². The molecule has 0 aliphatic rings. The van der Waals surface area contributed by atoms with E-state index in [2.05, 4.69) is 10.3 Å². The summed E-state index contributed by atoms with van der Waals surface area (Å²) in [7, 11) is -6.37. The number of hydrogen-bond donors (Lipinski definition) is 2. The molecule has 0 aliphatic heterocycles. The van der Waals surface area contributed by atoms with Gasteiger partial charge < -0.3 is 20.5 Å². The van der Waals surface area contributed by atoms with Crippen LogP contribution in [0.1, 0.15) is 0 Å². The summed E-state index contributed by atoms with van der Waals surface area (Å²) in [5, 5.41) is 2.86. The first kappa shape index (κ1) is 25.7. The van der Waals surface area contributed by atoms with E-state index in [-0.39, 0.29) is 42.2 Å². The van der Waals surface area contributed by atoms with Gasteiger partial charge in [-0.1, -0.05) is 0 Å². The molecule has 1 aromatic rings. The molecule has 0 heterocycles. The molecule has 0 saturated heterocycles. The van der Waals surface area contributed by atoms with Gasteiger partial charge in [-0.2, -0.15) is 3.71 Å². The highest BCUT2D eigenvalue weighted by atomic mass is 127. The van der Waals surface area contributed by atoms with Crippen molar-refractivity contribution in [2.45, 2.75) is 0 Å². The normalized spacial score (nSPS) is 12.2. The van der Waals surface area contributed by atoms with Crippen molar-refractivity contribution < 1.29 is 26.3 Å². The van der Waals surface area contributed by atoms with E-state index in [4.69, 9.17) is 15.2 Å². The van der Waals surface area contributed by atoms with Crippen molar-refractivity contribution >= 4 is 55.7 Å². The number of rotatable bonds is 10. The van der Waals surface area contributed by atoms with Crippen LogP contribution >= 0.6 is 24.0 Å². The molecule has 0 fully saturated rings. The molecule has 1 rings (SSSR count). The molecule has 0 bridgehead atoms. The lowest BCUT2D eigenvalue weighted by Crippen LogP contribution is -2.35. The van der Waals surface area contributed by atoms with E-state index >= 15 is 0 Å². The van der Waals surface area contributed by atoms with Gasteiger partial charge in [0.15, 0.2) is 5.96 Å². The maximum atomic E-state index is 11.7. The number of nitrogens with two attached hydrogens (primary N) is 1. The molecule has 0 spiro atoms. The molecule has 0 aliphatic carbocycles. The summed E-state index contributed by atoms with van der Waals surface area (Å²) in [6.45, 7) is 1.61. The van der Waals surface area contributed by atoms with Crippen LogP contribution in [0.15, 0.2) is 29.3 Å². The molecule has 0 saturated carbocycles. The quantitative estimate of drug-likeness (QED) is 0.184. The molecule has 27 heavy (non-hydrogen) atoms. The summed E-state index contributed by atoms with van der Waals surface area (Å²) in [5.41, 5.74) is 5.65. The standard InChI is InChI=1S/C14H24N4O6S2.HI/c1-23-10-8-16-14(15)17-9-11-24-13-6-4-12(5-7-13)18(25(2,19)20)26(3,21)22;/h4-7H,8-11H2,1-3H3,(H3,15,16,17);1H. The van der Waals surface area contributed by atoms with Crippen LogP contribution in [0.2, 0.25) is 0 Å². The zero-order valence-electron chi connectivity index (χ0n) is 15.3.